The number of halogens is 3. The lowest BCUT2D eigenvalue weighted by Crippen LogP contribution is -2.38. The van der Waals surface area contributed by atoms with E-state index in [9.17, 15) is 18.0 Å². The zero-order chi connectivity index (χ0) is 25.8. The number of aliphatic imine (C=N–C) groups is 1. The standard InChI is InChI=1S/C26H32F3N3OS.H2/c1-14(2)21(30)13-22(31-7)25(33)32-18(6)23-11-16(4)17(5)24(34-23)19-10-8-9-15(3)20(12-19)26(27,28)29;/h8,10-14,16,18H,30H2,1-7H3,(H,32,33);1H/b21-13-,31-22?;. The van der Waals surface area contributed by atoms with Crippen LogP contribution in [0.2, 0.25) is 0 Å². The Morgan fingerprint density at radius 3 is 2.53 bits per heavy atom. The molecular formula is C26H34F3N3OS. The van der Waals surface area contributed by atoms with Gasteiger partial charge in [-0.05, 0) is 62.5 Å². The molecule has 0 radical (unpaired) electrons. The zero-order valence-electron chi connectivity index (χ0n) is 20.6. The number of carbonyl (C=O) groups is 1. The molecule has 0 aromatic rings. The van der Waals surface area contributed by atoms with Crippen molar-refractivity contribution in [2.75, 3.05) is 7.05 Å². The summed E-state index contributed by atoms with van der Waals surface area (Å²) in [6, 6.07) is -0.374. The minimum Gasteiger partial charge on any atom is -0.402 e. The van der Waals surface area contributed by atoms with Crippen molar-refractivity contribution in [2.45, 2.75) is 53.8 Å². The van der Waals surface area contributed by atoms with Gasteiger partial charge < -0.3 is 11.1 Å². The first kappa shape index (κ1) is 27.5. The monoisotopic (exact) mass is 493 g/mol. The molecule has 1 amide bonds. The maximum atomic E-state index is 13.6. The quantitative estimate of drug-likeness (QED) is 0.333. The van der Waals surface area contributed by atoms with E-state index in [0.29, 0.717) is 11.3 Å². The Labute approximate surface area is 205 Å². The van der Waals surface area contributed by atoms with Crippen LogP contribution in [0.4, 0.5) is 13.2 Å². The van der Waals surface area contributed by atoms with Crippen molar-refractivity contribution in [3.05, 3.63) is 73.9 Å². The normalized spacial score (nSPS) is 21.0. The Hall–Kier alpha value is -2.70. The number of hydrogen-bond donors (Lipinski definition) is 2. The van der Waals surface area contributed by atoms with E-state index < -0.39 is 11.7 Å². The van der Waals surface area contributed by atoms with Crippen LogP contribution in [-0.4, -0.2) is 30.9 Å². The second-order valence-electron chi connectivity index (χ2n) is 8.69. The predicted molar refractivity (Wildman–Crippen MR) is 137 cm³/mol. The van der Waals surface area contributed by atoms with Crippen molar-refractivity contribution >= 4 is 23.4 Å². The average molecular weight is 494 g/mol. The fraction of sp³-hybridized carbons (Fsp3) is 0.423. The molecule has 0 saturated carbocycles. The van der Waals surface area contributed by atoms with Crippen LogP contribution < -0.4 is 11.1 Å². The van der Waals surface area contributed by atoms with Crippen LogP contribution in [0.1, 0.15) is 43.0 Å². The highest BCUT2D eigenvalue weighted by atomic mass is 32.2. The number of hydrogen-bond acceptors (Lipinski definition) is 4. The van der Waals surface area contributed by atoms with E-state index in [-0.39, 0.29) is 36.5 Å². The highest BCUT2D eigenvalue weighted by Gasteiger charge is 2.36. The number of nitrogens with two attached hydrogens (primary N) is 1. The Balaban J connectivity index is 0.00000612. The average Bonchev–Trinajstić information content (AvgIpc) is 2.94. The minimum absolute atomic E-state index is 0. The van der Waals surface area contributed by atoms with E-state index in [0.717, 1.165) is 15.4 Å². The Kier molecular flexibility index (Phi) is 9.03. The Morgan fingerprint density at radius 2 is 1.97 bits per heavy atom. The Morgan fingerprint density at radius 1 is 1.32 bits per heavy atom. The van der Waals surface area contributed by atoms with Crippen molar-refractivity contribution in [1.29, 1.82) is 0 Å². The number of amides is 1. The van der Waals surface area contributed by atoms with E-state index >= 15 is 0 Å². The van der Waals surface area contributed by atoms with Gasteiger partial charge in [0, 0.05) is 29.6 Å². The summed E-state index contributed by atoms with van der Waals surface area (Å²) < 4.78 is 40.8. The molecule has 0 spiro atoms. The third kappa shape index (κ3) is 6.67. The lowest BCUT2D eigenvalue weighted by Gasteiger charge is -2.27. The van der Waals surface area contributed by atoms with Crippen molar-refractivity contribution in [3.63, 3.8) is 0 Å². The summed E-state index contributed by atoms with van der Waals surface area (Å²) in [5, 5.41) is 2.94. The summed E-state index contributed by atoms with van der Waals surface area (Å²) >= 11 is 1.37. The predicted octanol–water partition coefficient (Wildman–Crippen LogP) is 6.38. The van der Waals surface area contributed by atoms with Crippen LogP contribution in [0.3, 0.4) is 0 Å². The second-order valence-corrected chi connectivity index (χ2v) is 9.77. The van der Waals surface area contributed by atoms with Crippen LogP contribution in [0.5, 0.6) is 0 Å². The topological polar surface area (TPSA) is 67.5 Å². The lowest BCUT2D eigenvalue weighted by molar-refractivity contribution is -0.115. The zero-order valence-corrected chi connectivity index (χ0v) is 21.4. The third-order valence-electron chi connectivity index (χ3n) is 5.73. The maximum absolute atomic E-state index is 13.6. The van der Waals surface area contributed by atoms with E-state index in [1.54, 1.807) is 12.2 Å². The molecule has 0 fully saturated rings. The SMILES string of the molecule is CN=C(/C=C(\N)C(C)C)C(=O)NC(C)C1=CC(C)C(C)=C(C2=CC=C=C(C)C(C(F)(F)F)=C2)S1.[HH]. The molecule has 34 heavy (non-hydrogen) atoms. The molecule has 2 unspecified atom stereocenters. The van der Waals surface area contributed by atoms with E-state index in [2.05, 4.69) is 16.0 Å². The molecule has 0 aromatic heterocycles. The molecule has 8 heteroatoms. The van der Waals surface area contributed by atoms with Gasteiger partial charge in [0.05, 0.1) is 11.6 Å². The molecule has 4 nitrogen and oxygen atoms in total. The van der Waals surface area contributed by atoms with Crippen LogP contribution in [0.15, 0.2) is 78.9 Å². The van der Waals surface area contributed by atoms with Gasteiger partial charge >= 0.3 is 6.18 Å². The summed E-state index contributed by atoms with van der Waals surface area (Å²) in [6.45, 7) is 11.0. The van der Waals surface area contributed by atoms with Gasteiger partial charge in [-0.1, -0.05) is 44.2 Å². The molecule has 3 N–H and O–H groups in total. The minimum atomic E-state index is -4.48. The Bertz CT molecular complexity index is 1100. The molecule has 1 heterocycles. The van der Waals surface area contributed by atoms with Gasteiger partial charge in [0.15, 0.2) is 0 Å². The first-order valence-corrected chi connectivity index (χ1v) is 11.9. The number of thioether (sulfide) groups is 1. The third-order valence-corrected chi connectivity index (χ3v) is 7.21. The molecule has 1 aliphatic carbocycles. The van der Waals surface area contributed by atoms with Gasteiger partial charge in [0.2, 0.25) is 0 Å². The van der Waals surface area contributed by atoms with Crippen LogP contribution in [-0.2, 0) is 4.79 Å². The first-order chi connectivity index (χ1) is 15.8. The van der Waals surface area contributed by atoms with Gasteiger partial charge in [-0.15, -0.1) is 5.73 Å². The van der Waals surface area contributed by atoms with Crippen molar-refractivity contribution < 1.29 is 19.4 Å². The summed E-state index contributed by atoms with van der Waals surface area (Å²) in [7, 11) is 1.53. The summed E-state index contributed by atoms with van der Waals surface area (Å²) in [4.78, 5) is 18.4. The highest BCUT2D eigenvalue weighted by Crippen LogP contribution is 2.44. The molecule has 0 bridgehead atoms. The second kappa shape index (κ2) is 11.2. The molecule has 2 atom stereocenters. The summed E-state index contributed by atoms with van der Waals surface area (Å²) in [5.74, 6) is -0.299. The van der Waals surface area contributed by atoms with E-state index in [1.165, 1.54) is 37.9 Å². The fourth-order valence-corrected chi connectivity index (χ4v) is 4.64. The molecule has 186 valence electrons. The van der Waals surface area contributed by atoms with Crippen molar-refractivity contribution in [3.8, 4) is 0 Å². The smallest absolute Gasteiger partial charge is 0.402 e. The first-order valence-electron chi connectivity index (χ1n) is 11.0. The molecule has 2 aliphatic rings. The number of rotatable bonds is 6. The summed E-state index contributed by atoms with van der Waals surface area (Å²) in [5.41, 5.74) is 10.2. The van der Waals surface area contributed by atoms with E-state index in [1.807, 2.05) is 40.7 Å². The van der Waals surface area contributed by atoms with Crippen LogP contribution in [0.25, 0.3) is 0 Å². The molecule has 1 aliphatic heterocycles. The van der Waals surface area contributed by atoms with E-state index in [4.69, 9.17) is 5.73 Å². The number of carbonyl (C=O) groups excluding carboxylic acids is 1. The number of nitrogens with one attached hydrogen (secondary N) is 1. The molecule has 0 aromatic carbocycles. The summed E-state index contributed by atoms with van der Waals surface area (Å²) in [6.07, 6.45) is 3.46. The molecular weight excluding hydrogens is 459 g/mol. The van der Waals surface area contributed by atoms with Crippen LogP contribution >= 0.6 is 11.8 Å². The van der Waals surface area contributed by atoms with Crippen molar-refractivity contribution in [1.82, 2.24) is 5.32 Å². The van der Waals surface area contributed by atoms with Gasteiger partial charge in [0.1, 0.15) is 5.71 Å². The largest absolute Gasteiger partial charge is 0.417 e. The molecule has 0 saturated heterocycles. The van der Waals surface area contributed by atoms with Crippen molar-refractivity contribution in [2.24, 2.45) is 22.6 Å². The van der Waals surface area contributed by atoms with Crippen LogP contribution in [0, 0.1) is 11.8 Å². The maximum Gasteiger partial charge on any atom is 0.417 e. The molecule has 2 rings (SSSR count). The van der Waals surface area contributed by atoms with Gasteiger partial charge in [-0.2, -0.15) is 13.2 Å². The van der Waals surface area contributed by atoms with Gasteiger partial charge in [-0.25, -0.2) is 0 Å². The van der Waals surface area contributed by atoms with Gasteiger partial charge in [0.25, 0.3) is 5.91 Å². The fourth-order valence-electron chi connectivity index (χ4n) is 3.31. The number of alkyl halides is 3. The lowest BCUT2D eigenvalue weighted by atomic mass is 9.96. The van der Waals surface area contributed by atoms with Gasteiger partial charge in [-0.3, -0.25) is 9.79 Å². The number of nitrogens with zero attached hydrogens (tertiary/aromatic N) is 1. The highest BCUT2D eigenvalue weighted by molar-refractivity contribution is 8.07. The number of allylic oxidation sites excluding steroid dienone is 8.